The van der Waals surface area contributed by atoms with E-state index in [2.05, 4.69) is 5.32 Å². The third-order valence-electron chi connectivity index (χ3n) is 3.98. The van der Waals surface area contributed by atoms with Gasteiger partial charge >= 0.3 is 5.97 Å². The molecule has 0 aliphatic carbocycles. The molecule has 0 bridgehead atoms. The summed E-state index contributed by atoms with van der Waals surface area (Å²) in [5.41, 5.74) is 1.71. The lowest BCUT2D eigenvalue weighted by molar-refractivity contribution is -0.117. The highest BCUT2D eigenvalue weighted by atomic mass is 32.1. The van der Waals surface area contributed by atoms with E-state index in [9.17, 15) is 9.59 Å². The second-order valence-electron chi connectivity index (χ2n) is 6.22. The summed E-state index contributed by atoms with van der Waals surface area (Å²) < 4.78 is 15.8. The molecule has 2 rings (SSSR count). The highest BCUT2D eigenvalue weighted by molar-refractivity contribution is 7.18. The fourth-order valence-corrected chi connectivity index (χ4v) is 3.77. The maximum atomic E-state index is 12.4. The minimum Gasteiger partial charge on any atom is -0.493 e. The SMILES string of the molecule is CCOC(=O)c1sc(NC(=O)CN(C)Cc2cccc(OC)c2OC)cc1C. The molecular formula is C20H26N2O5S. The van der Waals surface area contributed by atoms with Gasteiger partial charge in [0.15, 0.2) is 11.5 Å². The summed E-state index contributed by atoms with van der Waals surface area (Å²) in [6.07, 6.45) is 0. The molecule has 0 radical (unpaired) electrons. The zero-order chi connectivity index (χ0) is 20.7. The van der Waals surface area contributed by atoms with Crippen molar-refractivity contribution in [1.29, 1.82) is 0 Å². The summed E-state index contributed by atoms with van der Waals surface area (Å²) in [4.78, 5) is 26.7. The van der Waals surface area contributed by atoms with Gasteiger partial charge in [0.25, 0.3) is 0 Å². The average Bonchev–Trinajstić information content (AvgIpc) is 3.01. The van der Waals surface area contributed by atoms with E-state index < -0.39 is 0 Å². The molecule has 0 atom stereocenters. The number of rotatable bonds is 9. The standard InChI is InChI=1S/C20H26N2O5S/c1-6-27-20(24)19-13(2)10-17(28-19)21-16(23)12-22(3)11-14-8-7-9-15(25-4)18(14)26-5/h7-10H,6,11-12H2,1-5H3,(H,21,23). The van der Waals surface area contributed by atoms with E-state index in [1.54, 1.807) is 27.2 Å². The number of esters is 1. The number of aryl methyl sites for hydroxylation is 1. The monoisotopic (exact) mass is 406 g/mol. The van der Waals surface area contributed by atoms with Crippen LogP contribution in [0, 0.1) is 6.92 Å². The molecule has 152 valence electrons. The number of ether oxygens (including phenoxy) is 3. The Kier molecular flexibility index (Phi) is 7.83. The number of hydrogen-bond donors (Lipinski definition) is 1. The van der Waals surface area contributed by atoms with Crippen molar-refractivity contribution >= 4 is 28.2 Å². The van der Waals surface area contributed by atoms with Crippen molar-refractivity contribution in [2.45, 2.75) is 20.4 Å². The van der Waals surface area contributed by atoms with E-state index in [-0.39, 0.29) is 18.4 Å². The molecule has 0 spiro atoms. The van der Waals surface area contributed by atoms with Gasteiger partial charge in [-0.1, -0.05) is 12.1 Å². The number of amides is 1. The van der Waals surface area contributed by atoms with Gasteiger partial charge in [0.1, 0.15) is 4.88 Å². The summed E-state index contributed by atoms with van der Waals surface area (Å²) >= 11 is 1.22. The summed E-state index contributed by atoms with van der Waals surface area (Å²) in [6.45, 7) is 4.60. The van der Waals surface area contributed by atoms with Gasteiger partial charge in [-0.05, 0) is 38.6 Å². The summed E-state index contributed by atoms with van der Waals surface area (Å²) in [5, 5.41) is 3.47. The van der Waals surface area contributed by atoms with Crippen molar-refractivity contribution in [2.24, 2.45) is 0 Å². The first-order valence-electron chi connectivity index (χ1n) is 8.85. The van der Waals surface area contributed by atoms with Gasteiger partial charge in [0, 0.05) is 12.1 Å². The third kappa shape index (κ3) is 5.46. The van der Waals surface area contributed by atoms with Gasteiger partial charge in [-0.2, -0.15) is 0 Å². The lowest BCUT2D eigenvalue weighted by atomic mass is 10.1. The molecule has 1 heterocycles. The zero-order valence-corrected chi connectivity index (χ0v) is 17.6. The lowest BCUT2D eigenvalue weighted by Crippen LogP contribution is -2.29. The quantitative estimate of drug-likeness (QED) is 0.644. The summed E-state index contributed by atoms with van der Waals surface area (Å²) in [7, 11) is 5.03. The molecule has 0 fully saturated rings. The number of anilines is 1. The predicted octanol–water partition coefficient (Wildman–Crippen LogP) is 3.32. The first-order valence-corrected chi connectivity index (χ1v) is 9.67. The molecule has 0 unspecified atom stereocenters. The summed E-state index contributed by atoms with van der Waals surface area (Å²) in [5.74, 6) is 0.775. The average molecular weight is 407 g/mol. The molecule has 28 heavy (non-hydrogen) atoms. The van der Waals surface area contributed by atoms with Crippen LogP contribution in [-0.2, 0) is 16.1 Å². The largest absolute Gasteiger partial charge is 0.493 e. The van der Waals surface area contributed by atoms with Crippen molar-refractivity contribution in [3.05, 3.63) is 40.3 Å². The number of carbonyl (C=O) groups is 2. The Morgan fingerprint density at radius 3 is 2.61 bits per heavy atom. The van der Waals surface area contributed by atoms with Crippen molar-refractivity contribution in [3.63, 3.8) is 0 Å². The smallest absolute Gasteiger partial charge is 0.348 e. The molecule has 1 aromatic carbocycles. The Morgan fingerprint density at radius 2 is 1.96 bits per heavy atom. The fourth-order valence-electron chi connectivity index (χ4n) is 2.79. The van der Waals surface area contributed by atoms with E-state index in [1.165, 1.54) is 11.3 Å². The van der Waals surface area contributed by atoms with Gasteiger partial charge in [-0.15, -0.1) is 11.3 Å². The van der Waals surface area contributed by atoms with Crippen LogP contribution in [0.1, 0.15) is 27.7 Å². The number of benzene rings is 1. The van der Waals surface area contributed by atoms with Crippen LogP contribution in [0.4, 0.5) is 5.00 Å². The van der Waals surface area contributed by atoms with Crippen LogP contribution in [-0.4, -0.2) is 51.2 Å². The van der Waals surface area contributed by atoms with Gasteiger partial charge < -0.3 is 19.5 Å². The first-order chi connectivity index (χ1) is 13.4. The van der Waals surface area contributed by atoms with Crippen molar-refractivity contribution < 1.29 is 23.8 Å². The van der Waals surface area contributed by atoms with Crippen LogP contribution in [0.2, 0.25) is 0 Å². The Labute approximate surface area is 169 Å². The normalized spacial score (nSPS) is 10.6. The number of thiophene rings is 1. The second kappa shape index (κ2) is 10.1. The zero-order valence-electron chi connectivity index (χ0n) is 16.8. The fraction of sp³-hybridized carbons (Fsp3) is 0.400. The highest BCUT2D eigenvalue weighted by Gasteiger charge is 2.17. The Morgan fingerprint density at radius 1 is 1.21 bits per heavy atom. The number of methoxy groups -OCH3 is 2. The molecule has 0 aliphatic rings. The number of hydrogen-bond acceptors (Lipinski definition) is 7. The van der Waals surface area contributed by atoms with E-state index in [4.69, 9.17) is 14.2 Å². The molecule has 0 aliphatic heterocycles. The van der Waals surface area contributed by atoms with E-state index in [1.807, 2.05) is 37.1 Å². The topological polar surface area (TPSA) is 77.1 Å². The minimum atomic E-state index is -0.368. The molecule has 0 saturated carbocycles. The lowest BCUT2D eigenvalue weighted by Gasteiger charge is -2.19. The predicted molar refractivity (Wildman–Crippen MR) is 110 cm³/mol. The summed E-state index contributed by atoms with van der Waals surface area (Å²) in [6, 6.07) is 7.43. The van der Waals surface area contributed by atoms with Crippen molar-refractivity contribution in [3.8, 4) is 11.5 Å². The maximum absolute atomic E-state index is 12.4. The second-order valence-corrected chi connectivity index (χ2v) is 7.27. The molecule has 1 N–H and O–H groups in total. The van der Waals surface area contributed by atoms with Crippen LogP contribution >= 0.6 is 11.3 Å². The first kappa shape index (κ1) is 21.7. The maximum Gasteiger partial charge on any atom is 0.348 e. The van der Waals surface area contributed by atoms with Crippen molar-refractivity contribution in [1.82, 2.24) is 4.90 Å². The van der Waals surface area contributed by atoms with E-state index in [0.717, 1.165) is 11.1 Å². The molecule has 1 aromatic heterocycles. The van der Waals surface area contributed by atoms with Crippen LogP contribution in [0.3, 0.4) is 0 Å². The number of para-hydroxylation sites is 1. The Balaban J connectivity index is 1.98. The molecule has 2 aromatic rings. The van der Waals surface area contributed by atoms with Gasteiger partial charge in [0.05, 0.1) is 32.4 Å². The van der Waals surface area contributed by atoms with Crippen LogP contribution in [0.15, 0.2) is 24.3 Å². The molecular weight excluding hydrogens is 380 g/mol. The number of likely N-dealkylation sites (N-methyl/N-ethyl adjacent to an activating group) is 1. The Hall–Kier alpha value is -2.58. The number of nitrogens with one attached hydrogen (secondary N) is 1. The van der Waals surface area contributed by atoms with Gasteiger partial charge in [-0.3, -0.25) is 9.69 Å². The third-order valence-corrected chi connectivity index (χ3v) is 5.11. The molecule has 7 nitrogen and oxygen atoms in total. The van der Waals surface area contributed by atoms with Crippen LogP contribution in [0.5, 0.6) is 11.5 Å². The van der Waals surface area contributed by atoms with E-state index in [0.29, 0.717) is 34.5 Å². The van der Waals surface area contributed by atoms with Crippen LogP contribution < -0.4 is 14.8 Å². The molecule has 8 heteroatoms. The molecule has 1 amide bonds. The van der Waals surface area contributed by atoms with Crippen LogP contribution in [0.25, 0.3) is 0 Å². The van der Waals surface area contributed by atoms with Gasteiger partial charge in [-0.25, -0.2) is 4.79 Å². The minimum absolute atomic E-state index is 0.166. The Bertz CT molecular complexity index is 834. The molecule has 0 saturated heterocycles. The van der Waals surface area contributed by atoms with E-state index >= 15 is 0 Å². The number of nitrogens with zero attached hydrogens (tertiary/aromatic N) is 1. The van der Waals surface area contributed by atoms with Gasteiger partial charge in [0.2, 0.25) is 5.91 Å². The number of carbonyl (C=O) groups excluding carboxylic acids is 2. The highest BCUT2D eigenvalue weighted by Crippen LogP contribution is 2.31. The van der Waals surface area contributed by atoms with Crippen molar-refractivity contribution in [2.75, 3.05) is 39.7 Å².